The Morgan fingerprint density at radius 2 is 2.23 bits per heavy atom. The molecule has 0 aromatic rings. The zero-order valence-corrected chi connectivity index (χ0v) is 8.34. The van der Waals surface area contributed by atoms with Crippen molar-refractivity contribution in [1.82, 2.24) is 10.2 Å². The summed E-state index contributed by atoms with van der Waals surface area (Å²) in [5.41, 5.74) is 5.94. The Balaban J connectivity index is 1.73. The molecular weight excluding hydrogens is 162 g/mol. The summed E-state index contributed by atoms with van der Waals surface area (Å²) in [6.45, 7) is 4.79. The smallest absolute Gasteiger partial charge is 0.0195 e. The molecule has 2 rings (SSSR count). The van der Waals surface area contributed by atoms with Crippen molar-refractivity contribution in [2.45, 2.75) is 37.8 Å². The van der Waals surface area contributed by atoms with Gasteiger partial charge in [-0.3, -0.25) is 0 Å². The quantitative estimate of drug-likeness (QED) is 0.641. The summed E-state index contributed by atoms with van der Waals surface area (Å²) in [6, 6.07) is 1.17. The van der Waals surface area contributed by atoms with Gasteiger partial charge in [-0.05, 0) is 38.8 Å². The van der Waals surface area contributed by atoms with E-state index >= 15 is 0 Å². The summed E-state index contributed by atoms with van der Waals surface area (Å²) in [6.07, 6.45) is 5.21. The van der Waals surface area contributed by atoms with Crippen molar-refractivity contribution in [3.63, 3.8) is 0 Å². The summed E-state index contributed by atoms with van der Waals surface area (Å²) in [7, 11) is 0. The Morgan fingerprint density at radius 1 is 1.31 bits per heavy atom. The third kappa shape index (κ3) is 2.66. The topological polar surface area (TPSA) is 41.3 Å². The molecule has 2 fully saturated rings. The van der Waals surface area contributed by atoms with Gasteiger partial charge in [0.05, 0.1) is 0 Å². The predicted molar refractivity (Wildman–Crippen MR) is 54.7 cm³/mol. The van der Waals surface area contributed by atoms with Crippen LogP contribution in [0.1, 0.15) is 25.7 Å². The van der Waals surface area contributed by atoms with Crippen LogP contribution < -0.4 is 11.1 Å². The van der Waals surface area contributed by atoms with E-state index in [0.29, 0.717) is 6.04 Å². The van der Waals surface area contributed by atoms with Crippen LogP contribution in [0.15, 0.2) is 0 Å². The number of rotatable bonds is 2. The summed E-state index contributed by atoms with van der Waals surface area (Å²) >= 11 is 0. The molecule has 2 saturated heterocycles. The Labute approximate surface area is 80.7 Å². The van der Waals surface area contributed by atoms with Crippen LogP contribution in [-0.4, -0.2) is 43.2 Å². The minimum absolute atomic E-state index is 0.426. The molecule has 0 bridgehead atoms. The van der Waals surface area contributed by atoms with Crippen molar-refractivity contribution in [1.29, 1.82) is 0 Å². The average molecular weight is 183 g/mol. The highest BCUT2D eigenvalue weighted by Crippen LogP contribution is 2.12. The van der Waals surface area contributed by atoms with Crippen LogP contribution in [0, 0.1) is 0 Å². The lowest BCUT2D eigenvalue weighted by Gasteiger charge is -2.32. The molecule has 13 heavy (non-hydrogen) atoms. The van der Waals surface area contributed by atoms with Gasteiger partial charge in [0.25, 0.3) is 0 Å². The Bertz CT molecular complexity index is 154. The molecule has 1 unspecified atom stereocenters. The van der Waals surface area contributed by atoms with E-state index in [4.69, 9.17) is 5.73 Å². The molecule has 0 aromatic heterocycles. The summed E-state index contributed by atoms with van der Waals surface area (Å²) < 4.78 is 0. The minimum Gasteiger partial charge on any atom is -0.327 e. The maximum absolute atomic E-state index is 5.94. The van der Waals surface area contributed by atoms with E-state index in [0.717, 1.165) is 12.6 Å². The van der Waals surface area contributed by atoms with E-state index in [2.05, 4.69) is 10.2 Å². The van der Waals surface area contributed by atoms with Gasteiger partial charge < -0.3 is 16.0 Å². The second-order valence-electron chi connectivity index (χ2n) is 4.46. The largest absolute Gasteiger partial charge is 0.327 e. The number of piperidine rings is 1. The molecule has 3 nitrogen and oxygen atoms in total. The van der Waals surface area contributed by atoms with Gasteiger partial charge in [-0.25, -0.2) is 0 Å². The molecule has 3 N–H and O–H groups in total. The third-order valence-corrected chi connectivity index (χ3v) is 3.18. The Kier molecular flexibility index (Phi) is 3.19. The van der Waals surface area contributed by atoms with Crippen molar-refractivity contribution in [2.24, 2.45) is 5.73 Å². The van der Waals surface area contributed by atoms with Crippen LogP contribution in [-0.2, 0) is 0 Å². The van der Waals surface area contributed by atoms with Crippen molar-refractivity contribution in [2.75, 3.05) is 26.2 Å². The predicted octanol–water partition coefficient (Wildman–Crippen LogP) is 0.162. The van der Waals surface area contributed by atoms with E-state index in [1.807, 2.05) is 0 Å². The highest BCUT2D eigenvalue weighted by Gasteiger charge is 2.21. The number of hydrogen-bond donors (Lipinski definition) is 2. The summed E-state index contributed by atoms with van der Waals surface area (Å²) in [5, 5.41) is 3.54. The normalized spacial score (nSPS) is 36.7. The Hall–Kier alpha value is -0.120. The standard InChI is InChI=1S/C10H21N3/c11-9-3-2-6-13(7-9)8-10-4-1-5-12-10/h9-10,12H,1-8,11H2/t9?,10-/m0/s1. The zero-order valence-electron chi connectivity index (χ0n) is 8.34. The molecule has 0 saturated carbocycles. The van der Waals surface area contributed by atoms with Crippen LogP contribution in [0.5, 0.6) is 0 Å². The van der Waals surface area contributed by atoms with Gasteiger partial charge in [-0.2, -0.15) is 0 Å². The lowest BCUT2D eigenvalue weighted by Crippen LogP contribution is -2.47. The highest BCUT2D eigenvalue weighted by atomic mass is 15.2. The molecule has 3 heteroatoms. The van der Waals surface area contributed by atoms with E-state index in [1.165, 1.54) is 45.3 Å². The van der Waals surface area contributed by atoms with Crippen molar-refractivity contribution in [3.05, 3.63) is 0 Å². The molecule has 0 spiro atoms. The zero-order chi connectivity index (χ0) is 9.10. The maximum Gasteiger partial charge on any atom is 0.0195 e. The van der Waals surface area contributed by atoms with E-state index in [9.17, 15) is 0 Å². The second kappa shape index (κ2) is 4.40. The molecule has 2 aliphatic heterocycles. The van der Waals surface area contributed by atoms with Gasteiger partial charge in [0.2, 0.25) is 0 Å². The average Bonchev–Trinajstić information content (AvgIpc) is 2.57. The van der Waals surface area contributed by atoms with Gasteiger partial charge in [0, 0.05) is 25.2 Å². The van der Waals surface area contributed by atoms with Crippen molar-refractivity contribution >= 4 is 0 Å². The minimum atomic E-state index is 0.426. The SMILES string of the molecule is NC1CCCN(C[C@@H]2CCCN2)C1. The van der Waals surface area contributed by atoms with Crippen LogP contribution in [0.2, 0.25) is 0 Å². The summed E-state index contributed by atoms with van der Waals surface area (Å²) in [5.74, 6) is 0. The fraction of sp³-hybridized carbons (Fsp3) is 1.00. The van der Waals surface area contributed by atoms with Gasteiger partial charge in [-0.1, -0.05) is 0 Å². The van der Waals surface area contributed by atoms with Gasteiger partial charge in [0.15, 0.2) is 0 Å². The van der Waals surface area contributed by atoms with Crippen LogP contribution in [0.3, 0.4) is 0 Å². The van der Waals surface area contributed by atoms with E-state index in [1.54, 1.807) is 0 Å². The van der Waals surface area contributed by atoms with Crippen molar-refractivity contribution < 1.29 is 0 Å². The molecule has 76 valence electrons. The van der Waals surface area contributed by atoms with Crippen molar-refractivity contribution in [3.8, 4) is 0 Å². The lowest BCUT2D eigenvalue weighted by atomic mass is 10.1. The highest BCUT2D eigenvalue weighted by molar-refractivity contribution is 4.82. The number of nitrogens with one attached hydrogen (secondary N) is 1. The monoisotopic (exact) mass is 183 g/mol. The van der Waals surface area contributed by atoms with Gasteiger partial charge in [0.1, 0.15) is 0 Å². The fourth-order valence-corrected chi connectivity index (χ4v) is 2.48. The number of hydrogen-bond acceptors (Lipinski definition) is 3. The van der Waals surface area contributed by atoms with Crippen LogP contribution in [0.25, 0.3) is 0 Å². The van der Waals surface area contributed by atoms with Crippen LogP contribution in [0.4, 0.5) is 0 Å². The third-order valence-electron chi connectivity index (χ3n) is 3.18. The lowest BCUT2D eigenvalue weighted by molar-refractivity contribution is 0.193. The van der Waals surface area contributed by atoms with E-state index < -0.39 is 0 Å². The molecule has 0 amide bonds. The van der Waals surface area contributed by atoms with E-state index in [-0.39, 0.29) is 0 Å². The number of nitrogens with two attached hydrogens (primary N) is 1. The Morgan fingerprint density at radius 3 is 2.92 bits per heavy atom. The molecule has 0 aromatic carbocycles. The molecule has 0 radical (unpaired) electrons. The molecule has 2 heterocycles. The first-order valence-corrected chi connectivity index (χ1v) is 5.56. The van der Waals surface area contributed by atoms with Gasteiger partial charge >= 0.3 is 0 Å². The molecule has 2 atom stereocenters. The first kappa shape index (κ1) is 9.44. The number of nitrogens with zero attached hydrogens (tertiary/aromatic N) is 1. The first-order chi connectivity index (χ1) is 6.34. The molecule has 0 aliphatic carbocycles. The molecule has 2 aliphatic rings. The molecular formula is C10H21N3. The fourth-order valence-electron chi connectivity index (χ4n) is 2.48. The first-order valence-electron chi connectivity index (χ1n) is 5.56. The summed E-state index contributed by atoms with van der Waals surface area (Å²) in [4.78, 5) is 2.52. The number of likely N-dealkylation sites (tertiary alicyclic amines) is 1. The maximum atomic E-state index is 5.94. The van der Waals surface area contributed by atoms with Crippen LogP contribution >= 0.6 is 0 Å². The second-order valence-corrected chi connectivity index (χ2v) is 4.46. The van der Waals surface area contributed by atoms with Gasteiger partial charge in [-0.15, -0.1) is 0 Å².